The predicted octanol–water partition coefficient (Wildman–Crippen LogP) is 0.805. The van der Waals surface area contributed by atoms with Crippen molar-refractivity contribution in [2.24, 2.45) is 23.3 Å². The monoisotopic (exact) mass is 244 g/mol. The molecular weight excluding hydrogens is 220 g/mol. The van der Waals surface area contributed by atoms with Crippen molar-refractivity contribution >= 4 is 11.9 Å². The zero-order valence-electron chi connectivity index (χ0n) is 10.9. The topological polar surface area (TPSA) is 95.4 Å². The number of nitrogens with two attached hydrogens (primary N) is 2. The van der Waals surface area contributed by atoms with Crippen LogP contribution in [0.1, 0.15) is 40.0 Å². The molecule has 0 aliphatic heterocycles. The van der Waals surface area contributed by atoms with Crippen molar-refractivity contribution in [2.45, 2.75) is 46.1 Å². The summed E-state index contributed by atoms with van der Waals surface area (Å²) in [6, 6.07) is -0.746. The molecule has 0 spiro atoms. The Morgan fingerprint density at radius 3 is 2.24 bits per heavy atom. The summed E-state index contributed by atoms with van der Waals surface area (Å²) in [5, 5.41) is 0. The van der Waals surface area contributed by atoms with Crippen LogP contribution in [0.4, 0.5) is 0 Å². The van der Waals surface area contributed by atoms with Crippen molar-refractivity contribution in [2.75, 3.05) is 6.54 Å². The fourth-order valence-corrected chi connectivity index (χ4v) is 1.42. The van der Waals surface area contributed by atoms with E-state index in [1.165, 1.54) is 0 Å². The molecule has 0 heterocycles. The third-order valence-electron chi connectivity index (χ3n) is 2.99. The van der Waals surface area contributed by atoms with Gasteiger partial charge in [0.2, 0.25) is 0 Å². The van der Waals surface area contributed by atoms with Gasteiger partial charge in [-0.2, -0.15) is 0 Å². The van der Waals surface area contributed by atoms with E-state index in [9.17, 15) is 9.59 Å². The minimum atomic E-state index is -0.746. The highest BCUT2D eigenvalue weighted by Crippen LogP contribution is 2.10. The van der Waals surface area contributed by atoms with Crippen LogP contribution in [0.25, 0.3) is 0 Å². The van der Waals surface area contributed by atoms with Crippen molar-refractivity contribution in [1.82, 2.24) is 0 Å². The minimum Gasteiger partial charge on any atom is -0.392 e. The van der Waals surface area contributed by atoms with Crippen molar-refractivity contribution < 1.29 is 14.3 Å². The van der Waals surface area contributed by atoms with Gasteiger partial charge in [-0.15, -0.1) is 0 Å². The van der Waals surface area contributed by atoms with Crippen LogP contribution in [0.3, 0.4) is 0 Å². The van der Waals surface area contributed by atoms with E-state index >= 15 is 0 Å². The van der Waals surface area contributed by atoms with Gasteiger partial charge in [0, 0.05) is 6.54 Å². The number of hydrogen-bond acceptors (Lipinski definition) is 5. The maximum absolute atomic E-state index is 11.6. The first-order valence-electron chi connectivity index (χ1n) is 6.19. The van der Waals surface area contributed by atoms with Gasteiger partial charge in [-0.25, -0.2) is 4.79 Å². The number of esters is 2. The van der Waals surface area contributed by atoms with E-state index in [4.69, 9.17) is 16.2 Å². The zero-order chi connectivity index (χ0) is 13.4. The lowest BCUT2D eigenvalue weighted by Gasteiger charge is -2.18. The van der Waals surface area contributed by atoms with Gasteiger partial charge in [0.05, 0.1) is 5.92 Å². The summed E-state index contributed by atoms with van der Waals surface area (Å²) in [7, 11) is 0. The number of carbonyl (C=O) groups is 2. The fraction of sp³-hybridized carbons (Fsp3) is 0.833. The third kappa shape index (κ3) is 5.28. The second-order valence-electron chi connectivity index (χ2n) is 4.37. The summed E-state index contributed by atoms with van der Waals surface area (Å²) in [6.07, 6.45) is 2.21. The lowest BCUT2D eigenvalue weighted by Crippen LogP contribution is -2.40. The fourth-order valence-electron chi connectivity index (χ4n) is 1.42. The Morgan fingerprint density at radius 1 is 1.24 bits per heavy atom. The molecule has 0 amide bonds. The van der Waals surface area contributed by atoms with Gasteiger partial charge in [0.25, 0.3) is 0 Å². The summed E-state index contributed by atoms with van der Waals surface area (Å²) in [4.78, 5) is 23.2. The van der Waals surface area contributed by atoms with E-state index in [1.807, 2.05) is 20.8 Å². The highest BCUT2D eigenvalue weighted by Gasteiger charge is 2.26. The Morgan fingerprint density at radius 2 is 1.82 bits per heavy atom. The molecule has 3 atom stereocenters. The summed E-state index contributed by atoms with van der Waals surface area (Å²) in [5.74, 6) is -1.62. The van der Waals surface area contributed by atoms with Crippen LogP contribution in [-0.4, -0.2) is 24.5 Å². The first kappa shape index (κ1) is 16.1. The summed E-state index contributed by atoms with van der Waals surface area (Å²) in [6.45, 7) is 5.92. The van der Waals surface area contributed by atoms with Crippen LogP contribution in [0.5, 0.6) is 0 Å². The Bertz CT molecular complexity index is 244. The first-order valence-corrected chi connectivity index (χ1v) is 6.19. The van der Waals surface area contributed by atoms with Gasteiger partial charge < -0.3 is 16.2 Å². The quantitative estimate of drug-likeness (QED) is 0.510. The molecule has 1 unspecified atom stereocenters. The van der Waals surface area contributed by atoms with Gasteiger partial charge in [-0.1, -0.05) is 33.6 Å². The van der Waals surface area contributed by atoms with Crippen LogP contribution in [0, 0.1) is 11.8 Å². The second-order valence-corrected chi connectivity index (χ2v) is 4.37. The molecule has 5 heteroatoms. The first-order chi connectivity index (χ1) is 7.97. The van der Waals surface area contributed by atoms with Crippen LogP contribution in [0.2, 0.25) is 0 Å². The molecule has 0 fully saturated rings. The van der Waals surface area contributed by atoms with Crippen molar-refractivity contribution in [3.63, 3.8) is 0 Å². The number of hydrogen-bond donors (Lipinski definition) is 2. The molecule has 0 aromatic rings. The maximum Gasteiger partial charge on any atom is 0.330 e. The SMILES string of the molecule is CCCC(CN)C(=O)OC(=O)[C@@H](N)[C@@H](C)CC. The molecule has 0 aliphatic carbocycles. The molecule has 0 radical (unpaired) electrons. The molecule has 5 nitrogen and oxygen atoms in total. The van der Waals surface area contributed by atoms with Crippen LogP contribution >= 0.6 is 0 Å². The normalized spacial score (nSPS) is 16.1. The second kappa shape index (κ2) is 8.20. The van der Waals surface area contributed by atoms with E-state index in [1.54, 1.807) is 0 Å². The standard InChI is InChI=1S/C12H24N2O3/c1-4-6-9(7-13)11(15)17-12(16)10(14)8(3)5-2/h8-10H,4-7,13-14H2,1-3H3/t8-,9?,10-/m0/s1. The van der Waals surface area contributed by atoms with Crippen molar-refractivity contribution in [3.8, 4) is 0 Å². The van der Waals surface area contributed by atoms with Gasteiger partial charge in [-0.05, 0) is 12.3 Å². The van der Waals surface area contributed by atoms with Gasteiger partial charge >= 0.3 is 11.9 Å². The third-order valence-corrected chi connectivity index (χ3v) is 2.99. The smallest absolute Gasteiger partial charge is 0.330 e. The van der Waals surface area contributed by atoms with E-state index in [2.05, 4.69) is 0 Å². The Kier molecular flexibility index (Phi) is 7.74. The van der Waals surface area contributed by atoms with Gasteiger partial charge in [0.1, 0.15) is 6.04 Å². The molecule has 0 bridgehead atoms. The van der Waals surface area contributed by atoms with Gasteiger partial charge in [0.15, 0.2) is 0 Å². The molecule has 0 aromatic carbocycles. The van der Waals surface area contributed by atoms with Crippen LogP contribution in [0.15, 0.2) is 0 Å². The lowest BCUT2D eigenvalue weighted by atomic mass is 10.00. The molecule has 0 saturated carbocycles. The molecule has 17 heavy (non-hydrogen) atoms. The zero-order valence-corrected chi connectivity index (χ0v) is 10.9. The number of rotatable bonds is 7. The molecule has 4 N–H and O–H groups in total. The largest absolute Gasteiger partial charge is 0.392 e. The summed E-state index contributed by atoms with van der Waals surface area (Å²) < 4.78 is 4.76. The van der Waals surface area contributed by atoms with E-state index in [-0.39, 0.29) is 12.5 Å². The van der Waals surface area contributed by atoms with Crippen molar-refractivity contribution in [3.05, 3.63) is 0 Å². The minimum absolute atomic E-state index is 0.00204. The van der Waals surface area contributed by atoms with E-state index in [0.717, 1.165) is 12.8 Å². The molecule has 0 aliphatic rings. The highest BCUT2D eigenvalue weighted by molar-refractivity contribution is 5.89. The molecule has 0 rings (SSSR count). The average molecular weight is 244 g/mol. The molecule has 0 aromatic heterocycles. The Hall–Kier alpha value is -0.940. The van der Waals surface area contributed by atoms with Crippen LogP contribution in [-0.2, 0) is 14.3 Å². The Balaban J connectivity index is 4.32. The highest BCUT2D eigenvalue weighted by atomic mass is 16.6. The average Bonchev–Trinajstić information content (AvgIpc) is 2.33. The predicted molar refractivity (Wildman–Crippen MR) is 66.0 cm³/mol. The number of ether oxygens (including phenoxy) is 1. The van der Waals surface area contributed by atoms with Crippen molar-refractivity contribution in [1.29, 1.82) is 0 Å². The van der Waals surface area contributed by atoms with Crippen LogP contribution < -0.4 is 11.5 Å². The summed E-state index contributed by atoms with van der Waals surface area (Å²) >= 11 is 0. The van der Waals surface area contributed by atoms with E-state index in [0.29, 0.717) is 6.42 Å². The van der Waals surface area contributed by atoms with Gasteiger partial charge in [-0.3, -0.25) is 4.79 Å². The number of carbonyl (C=O) groups excluding carboxylic acids is 2. The molecular formula is C12H24N2O3. The molecule has 100 valence electrons. The Labute approximate surface area is 103 Å². The summed E-state index contributed by atoms with van der Waals surface area (Å²) in [5.41, 5.74) is 11.1. The van der Waals surface area contributed by atoms with E-state index < -0.39 is 23.9 Å². The lowest BCUT2D eigenvalue weighted by molar-refractivity contribution is -0.164. The molecule has 0 saturated heterocycles. The maximum atomic E-state index is 11.6.